The summed E-state index contributed by atoms with van der Waals surface area (Å²) in [6.07, 6.45) is 3.89. The van der Waals surface area contributed by atoms with Crippen LogP contribution in [-0.4, -0.2) is 56.7 Å². The van der Waals surface area contributed by atoms with Crippen LogP contribution in [0.4, 0.5) is 0 Å². The van der Waals surface area contributed by atoms with Crippen molar-refractivity contribution >= 4 is 21.8 Å². The molecule has 0 radical (unpaired) electrons. The Bertz CT molecular complexity index is 281. The Morgan fingerprint density at radius 1 is 1.29 bits per heavy atom. The first-order valence-corrected chi connectivity index (χ1v) is 9.15. The van der Waals surface area contributed by atoms with Crippen molar-refractivity contribution in [3.8, 4) is 0 Å². The number of hydrogen-bond donors (Lipinski definition) is 1. The molecule has 0 aromatic carbocycles. The summed E-state index contributed by atoms with van der Waals surface area (Å²) in [6.45, 7) is 5.51. The zero-order valence-electron chi connectivity index (χ0n) is 11.4. The number of hydrogen-bond acceptors (Lipinski definition) is 4. The van der Waals surface area contributed by atoms with Crippen LogP contribution < -0.4 is 5.32 Å². The third-order valence-electron chi connectivity index (χ3n) is 2.75. The largest absolute Gasteiger partial charge is 0.316 e. The van der Waals surface area contributed by atoms with Crippen molar-refractivity contribution in [2.75, 3.05) is 37.9 Å². The van der Waals surface area contributed by atoms with E-state index in [1.54, 1.807) is 18.8 Å². The molecule has 0 saturated heterocycles. The van der Waals surface area contributed by atoms with Gasteiger partial charge in [-0.2, -0.15) is 11.8 Å². The molecule has 0 aliphatic rings. The molecule has 6 heteroatoms. The molecule has 1 unspecified atom stereocenters. The van der Waals surface area contributed by atoms with Gasteiger partial charge < -0.3 is 5.32 Å². The molecular formula is C11H26N2O2S2. The van der Waals surface area contributed by atoms with Gasteiger partial charge in [-0.1, -0.05) is 13.8 Å². The van der Waals surface area contributed by atoms with Gasteiger partial charge in [0.05, 0.1) is 5.75 Å². The fourth-order valence-electron chi connectivity index (χ4n) is 1.55. The molecule has 17 heavy (non-hydrogen) atoms. The summed E-state index contributed by atoms with van der Waals surface area (Å²) in [6, 6.07) is 0.112. The van der Waals surface area contributed by atoms with E-state index in [1.165, 1.54) is 4.31 Å². The van der Waals surface area contributed by atoms with Crippen molar-refractivity contribution in [1.29, 1.82) is 0 Å². The molecule has 0 amide bonds. The van der Waals surface area contributed by atoms with Crippen LogP contribution in [0, 0.1) is 0 Å². The molecule has 1 N–H and O–H groups in total. The molecule has 0 bridgehead atoms. The third kappa shape index (κ3) is 6.64. The number of rotatable bonds is 10. The summed E-state index contributed by atoms with van der Waals surface area (Å²) in [5.74, 6) is 1.04. The molecular weight excluding hydrogens is 256 g/mol. The standard InChI is InChI=1S/C11H26N2O2S2/c1-5-7-12-8-9-17(14,15)13(3)11(6-2)10-16-4/h11-12H,5-10H2,1-4H3. The van der Waals surface area contributed by atoms with Crippen molar-refractivity contribution in [1.82, 2.24) is 9.62 Å². The number of sulfonamides is 1. The van der Waals surface area contributed by atoms with Gasteiger partial charge in [0.1, 0.15) is 0 Å². The summed E-state index contributed by atoms with van der Waals surface area (Å²) < 4.78 is 25.6. The van der Waals surface area contributed by atoms with Crippen LogP contribution >= 0.6 is 11.8 Å². The average molecular weight is 282 g/mol. The lowest BCUT2D eigenvalue weighted by molar-refractivity contribution is 0.385. The lowest BCUT2D eigenvalue weighted by Gasteiger charge is -2.26. The van der Waals surface area contributed by atoms with Crippen LogP contribution in [0.3, 0.4) is 0 Å². The molecule has 0 fully saturated rings. The summed E-state index contributed by atoms with van der Waals surface area (Å²) in [4.78, 5) is 0. The average Bonchev–Trinajstić information content (AvgIpc) is 2.31. The minimum atomic E-state index is -3.12. The number of nitrogens with zero attached hydrogens (tertiary/aromatic N) is 1. The normalized spacial score (nSPS) is 14.2. The van der Waals surface area contributed by atoms with Crippen molar-refractivity contribution in [2.45, 2.75) is 32.7 Å². The van der Waals surface area contributed by atoms with E-state index in [1.807, 2.05) is 13.2 Å². The van der Waals surface area contributed by atoms with Gasteiger partial charge in [-0.15, -0.1) is 0 Å². The van der Waals surface area contributed by atoms with Crippen LogP contribution in [-0.2, 0) is 10.0 Å². The molecule has 0 aromatic rings. The predicted octanol–water partition coefficient (Wildman–Crippen LogP) is 1.39. The highest BCUT2D eigenvalue weighted by atomic mass is 32.2. The highest BCUT2D eigenvalue weighted by molar-refractivity contribution is 7.98. The zero-order valence-corrected chi connectivity index (χ0v) is 13.0. The van der Waals surface area contributed by atoms with Crippen LogP contribution in [0.1, 0.15) is 26.7 Å². The Kier molecular flexibility index (Phi) is 9.31. The Balaban J connectivity index is 4.26. The lowest BCUT2D eigenvalue weighted by atomic mass is 10.3. The van der Waals surface area contributed by atoms with Crippen molar-refractivity contribution in [3.05, 3.63) is 0 Å². The van der Waals surface area contributed by atoms with Gasteiger partial charge in [-0.05, 0) is 25.6 Å². The molecule has 0 heterocycles. The minimum absolute atomic E-state index is 0.112. The maximum Gasteiger partial charge on any atom is 0.215 e. The van der Waals surface area contributed by atoms with E-state index in [2.05, 4.69) is 12.2 Å². The first-order chi connectivity index (χ1) is 7.99. The number of thioether (sulfide) groups is 1. The molecule has 0 aromatic heterocycles. The van der Waals surface area contributed by atoms with Gasteiger partial charge in [-0.25, -0.2) is 12.7 Å². The quantitative estimate of drug-likeness (QED) is 0.615. The van der Waals surface area contributed by atoms with Crippen molar-refractivity contribution < 1.29 is 8.42 Å². The Morgan fingerprint density at radius 2 is 1.94 bits per heavy atom. The van der Waals surface area contributed by atoms with Crippen molar-refractivity contribution in [3.63, 3.8) is 0 Å². The fraction of sp³-hybridized carbons (Fsp3) is 1.00. The summed E-state index contributed by atoms with van der Waals surface area (Å²) >= 11 is 1.69. The van der Waals surface area contributed by atoms with E-state index in [0.717, 1.165) is 25.1 Å². The molecule has 0 saturated carbocycles. The van der Waals surface area contributed by atoms with E-state index in [4.69, 9.17) is 0 Å². The van der Waals surface area contributed by atoms with Crippen molar-refractivity contribution in [2.24, 2.45) is 0 Å². The first-order valence-electron chi connectivity index (χ1n) is 6.14. The second kappa shape index (κ2) is 9.19. The maximum absolute atomic E-state index is 12.0. The van der Waals surface area contributed by atoms with E-state index >= 15 is 0 Å². The van der Waals surface area contributed by atoms with Crippen LogP contribution in [0.25, 0.3) is 0 Å². The van der Waals surface area contributed by atoms with E-state index in [9.17, 15) is 8.42 Å². The summed E-state index contributed by atoms with van der Waals surface area (Å²) in [5, 5.41) is 3.12. The molecule has 0 spiro atoms. The van der Waals surface area contributed by atoms with Gasteiger partial charge >= 0.3 is 0 Å². The second-order valence-electron chi connectivity index (χ2n) is 4.10. The van der Waals surface area contributed by atoms with Gasteiger partial charge in [-0.3, -0.25) is 0 Å². The third-order valence-corrected chi connectivity index (χ3v) is 5.36. The summed E-state index contributed by atoms with van der Waals surface area (Å²) in [5.41, 5.74) is 0. The highest BCUT2D eigenvalue weighted by Gasteiger charge is 2.24. The number of nitrogens with one attached hydrogen (secondary N) is 1. The monoisotopic (exact) mass is 282 g/mol. The van der Waals surface area contributed by atoms with Crippen LogP contribution in [0.2, 0.25) is 0 Å². The van der Waals surface area contributed by atoms with E-state index in [0.29, 0.717) is 6.54 Å². The molecule has 0 rings (SSSR count). The van der Waals surface area contributed by atoms with E-state index in [-0.39, 0.29) is 11.8 Å². The zero-order chi connectivity index (χ0) is 13.3. The predicted molar refractivity (Wildman–Crippen MR) is 77.2 cm³/mol. The Labute approximate surface area is 111 Å². The van der Waals surface area contributed by atoms with Gasteiger partial charge in [0.25, 0.3) is 0 Å². The van der Waals surface area contributed by atoms with Crippen LogP contribution in [0.5, 0.6) is 0 Å². The topological polar surface area (TPSA) is 49.4 Å². The second-order valence-corrected chi connectivity index (χ2v) is 7.16. The SMILES string of the molecule is CCCNCCS(=O)(=O)N(C)C(CC)CSC. The van der Waals surface area contributed by atoms with Crippen LogP contribution in [0.15, 0.2) is 0 Å². The fourth-order valence-corrected chi connectivity index (χ4v) is 3.85. The first kappa shape index (κ1) is 17.2. The molecule has 4 nitrogen and oxygen atoms in total. The van der Waals surface area contributed by atoms with Gasteiger partial charge in [0.2, 0.25) is 10.0 Å². The molecule has 1 atom stereocenters. The van der Waals surface area contributed by atoms with Gasteiger partial charge in [0, 0.05) is 25.4 Å². The lowest BCUT2D eigenvalue weighted by Crippen LogP contribution is -2.41. The summed E-state index contributed by atoms with van der Waals surface area (Å²) in [7, 11) is -1.42. The van der Waals surface area contributed by atoms with E-state index < -0.39 is 10.0 Å². The maximum atomic E-state index is 12.0. The Hall–Kier alpha value is 0.220. The van der Waals surface area contributed by atoms with Gasteiger partial charge in [0.15, 0.2) is 0 Å². The minimum Gasteiger partial charge on any atom is -0.316 e. The Morgan fingerprint density at radius 3 is 2.41 bits per heavy atom. The smallest absolute Gasteiger partial charge is 0.215 e. The molecule has 0 aliphatic carbocycles. The molecule has 104 valence electrons. The molecule has 0 aliphatic heterocycles. The highest BCUT2D eigenvalue weighted by Crippen LogP contribution is 2.12.